The smallest absolute Gasteiger partial charge is 0.311 e. The molecule has 0 radical (unpaired) electrons. The number of halogens is 1. The van der Waals surface area contributed by atoms with Gasteiger partial charge in [-0.05, 0) is 26.3 Å². The molecule has 0 spiro atoms. The van der Waals surface area contributed by atoms with Crippen LogP contribution in [0.5, 0.6) is 11.5 Å². The van der Waals surface area contributed by atoms with Gasteiger partial charge in [-0.2, -0.15) is 5.10 Å². The Morgan fingerprint density at radius 3 is 2.75 bits per heavy atom. The molecule has 0 amide bonds. The van der Waals surface area contributed by atoms with Gasteiger partial charge in [-0.1, -0.05) is 18.5 Å². The highest BCUT2D eigenvalue weighted by Crippen LogP contribution is 2.33. The summed E-state index contributed by atoms with van der Waals surface area (Å²) in [4.78, 5) is 15.8. The molecular formula is C19H24ClN3O4S. The number of nitrogens with one attached hydrogen (secondary N) is 1. The first kappa shape index (κ1) is 22.0. The first-order chi connectivity index (χ1) is 13.6. The highest BCUT2D eigenvalue weighted by Gasteiger charge is 2.11. The predicted octanol–water partition coefficient (Wildman–Crippen LogP) is 4.54. The quantitative estimate of drug-likeness (QED) is 0.323. The van der Waals surface area contributed by atoms with E-state index >= 15 is 0 Å². The number of rotatable bonds is 11. The number of ether oxygens (including phenoxy) is 3. The standard InChI is InChI=1S/C19H24ClN3O4S/c1-4-7-27-17-10-15(20)13(8-16(17)25-5-2)11-21-23-19-22-14(12-28-19)9-18(24)26-6-3/h8,10-12H,4-7,9H2,1-3H3,(H,22,23). The number of thiazole rings is 1. The second kappa shape index (κ2) is 11.5. The van der Waals surface area contributed by atoms with Crippen LogP contribution in [0.2, 0.25) is 5.02 Å². The molecule has 0 bridgehead atoms. The minimum Gasteiger partial charge on any atom is -0.490 e. The fourth-order valence-electron chi connectivity index (χ4n) is 2.20. The van der Waals surface area contributed by atoms with E-state index < -0.39 is 0 Å². The highest BCUT2D eigenvalue weighted by atomic mass is 35.5. The van der Waals surface area contributed by atoms with Gasteiger partial charge in [0, 0.05) is 17.0 Å². The molecule has 0 aliphatic heterocycles. The van der Waals surface area contributed by atoms with Gasteiger partial charge in [-0.25, -0.2) is 4.98 Å². The molecule has 0 atom stereocenters. The summed E-state index contributed by atoms with van der Waals surface area (Å²) in [7, 11) is 0. The average Bonchev–Trinajstić information content (AvgIpc) is 3.10. The van der Waals surface area contributed by atoms with Crippen LogP contribution in [0.4, 0.5) is 5.13 Å². The van der Waals surface area contributed by atoms with E-state index in [9.17, 15) is 4.79 Å². The van der Waals surface area contributed by atoms with Crippen LogP contribution >= 0.6 is 22.9 Å². The first-order valence-electron chi connectivity index (χ1n) is 9.05. The molecule has 2 aromatic rings. The third-order valence-corrected chi connectivity index (χ3v) is 4.49. The zero-order chi connectivity index (χ0) is 20.4. The summed E-state index contributed by atoms with van der Waals surface area (Å²) in [5.41, 5.74) is 4.16. The van der Waals surface area contributed by atoms with Crippen molar-refractivity contribution in [1.29, 1.82) is 0 Å². The topological polar surface area (TPSA) is 82.0 Å². The second-order valence-electron chi connectivity index (χ2n) is 5.60. The molecule has 7 nitrogen and oxygen atoms in total. The number of hydrogen-bond donors (Lipinski definition) is 1. The summed E-state index contributed by atoms with van der Waals surface area (Å²) in [6, 6.07) is 3.51. The van der Waals surface area contributed by atoms with Crippen molar-refractivity contribution in [3.8, 4) is 11.5 Å². The maximum absolute atomic E-state index is 11.5. The summed E-state index contributed by atoms with van der Waals surface area (Å²) in [5, 5.41) is 7.03. The van der Waals surface area contributed by atoms with E-state index in [4.69, 9.17) is 25.8 Å². The highest BCUT2D eigenvalue weighted by molar-refractivity contribution is 7.13. The third kappa shape index (κ3) is 6.69. The van der Waals surface area contributed by atoms with Gasteiger partial charge in [-0.3, -0.25) is 10.2 Å². The number of hydrazone groups is 1. The largest absolute Gasteiger partial charge is 0.490 e. The van der Waals surface area contributed by atoms with Crippen LogP contribution in [0.25, 0.3) is 0 Å². The zero-order valence-electron chi connectivity index (χ0n) is 16.2. The van der Waals surface area contributed by atoms with Gasteiger partial charge in [0.2, 0.25) is 5.13 Å². The van der Waals surface area contributed by atoms with Crippen molar-refractivity contribution in [3.63, 3.8) is 0 Å². The molecule has 1 heterocycles. The SMILES string of the molecule is CCCOc1cc(Cl)c(C=NNc2nc(CC(=O)OCC)cs2)cc1OCC. The second-order valence-corrected chi connectivity index (χ2v) is 6.86. The van der Waals surface area contributed by atoms with E-state index in [1.165, 1.54) is 11.3 Å². The molecule has 9 heteroatoms. The van der Waals surface area contributed by atoms with Crippen molar-refractivity contribution < 1.29 is 19.0 Å². The first-order valence-corrected chi connectivity index (χ1v) is 10.3. The molecule has 0 aliphatic rings. The number of anilines is 1. The average molecular weight is 426 g/mol. The molecule has 28 heavy (non-hydrogen) atoms. The number of hydrogen-bond acceptors (Lipinski definition) is 8. The van der Waals surface area contributed by atoms with E-state index in [-0.39, 0.29) is 12.4 Å². The van der Waals surface area contributed by atoms with E-state index in [0.717, 1.165) is 6.42 Å². The molecule has 0 unspecified atom stereocenters. The van der Waals surface area contributed by atoms with Crippen molar-refractivity contribution in [2.75, 3.05) is 25.2 Å². The Balaban J connectivity index is 2.04. The van der Waals surface area contributed by atoms with Crippen LogP contribution in [0, 0.1) is 0 Å². The van der Waals surface area contributed by atoms with E-state index in [1.807, 2.05) is 13.8 Å². The molecule has 1 aromatic carbocycles. The molecule has 1 aromatic heterocycles. The van der Waals surface area contributed by atoms with Crippen molar-refractivity contribution in [2.45, 2.75) is 33.6 Å². The molecule has 152 valence electrons. The van der Waals surface area contributed by atoms with Gasteiger partial charge >= 0.3 is 5.97 Å². The van der Waals surface area contributed by atoms with E-state index in [0.29, 0.717) is 52.7 Å². The Morgan fingerprint density at radius 2 is 2.04 bits per heavy atom. The summed E-state index contributed by atoms with van der Waals surface area (Å²) in [6.45, 7) is 7.16. The minimum atomic E-state index is -0.302. The van der Waals surface area contributed by atoms with Crippen LogP contribution in [0.1, 0.15) is 38.4 Å². The maximum Gasteiger partial charge on any atom is 0.311 e. The van der Waals surface area contributed by atoms with Crippen molar-refractivity contribution >= 4 is 40.3 Å². The summed E-state index contributed by atoms with van der Waals surface area (Å²) in [5.74, 6) is 0.929. The molecular weight excluding hydrogens is 402 g/mol. The molecule has 0 aliphatic carbocycles. The molecule has 2 rings (SSSR count). The minimum absolute atomic E-state index is 0.137. The zero-order valence-corrected chi connectivity index (χ0v) is 17.7. The Kier molecular flexibility index (Phi) is 9.03. The van der Waals surface area contributed by atoms with Crippen LogP contribution in [0.3, 0.4) is 0 Å². The Morgan fingerprint density at radius 1 is 1.25 bits per heavy atom. The van der Waals surface area contributed by atoms with Gasteiger partial charge in [0.05, 0.1) is 43.2 Å². The lowest BCUT2D eigenvalue weighted by molar-refractivity contribution is -0.142. The summed E-state index contributed by atoms with van der Waals surface area (Å²) in [6.07, 6.45) is 2.61. The number of esters is 1. The normalized spacial score (nSPS) is 10.9. The van der Waals surface area contributed by atoms with Crippen LogP contribution < -0.4 is 14.9 Å². The molecule has 0 saturated carbocycles. The van der Waals surface area contributed by atoms with Gasteiger partial charge in [-0.15, -0.1) is 11.3 Å². The van der Waals surface area contributed by atoms with Crippen LogP contribution in [-0.2, 0) is 16.0 Å². The lowest BCUT2D eigenvalue weighted by Crippen LogP contribution is -2.07. The van der Waals surface area contributed by atoms with Crippen molar-refractivity contribution in [3.05, 3.63) is 33.8 Å². The molecule has 0 fully saturated rings. The van der Waals surface area contributed by atoms with Gasteiger partial charge < -0.3 is 14.2 Å². The van der Waals surface area contributed by atoms with Crippen LogP contribution in [-0.4, -0.2) is 37.0 Å². The van der Waals surface area contributed by atoms with Crippen molar-refractivity contribution in [2.24, 2.45) is 5.10 Å². The fraction of sp³-hybridized carbons (Fsp3) is 0.421. The molecule has 0 saturated heterocycles. The Labute approximate surface area is 173 Å². The van der Waals surface area contributed by atoms with Gasteiger partial charge in [0.15, 0.2) is 11.5 Å². The number of nitrogens with zero attached hydrogens (tertiary/aromatic N) is 2. The van der Waals surface area contributed by atoms with Gasteiger partial charge in [0.1, 0.15) is 0 Å². The van der Waals surface area contributed by atoms with E-state index in [2.05, 4.69) is 15.5 Å². The fourth-order valence-corrected chi connectivity index (χ4v) is 3.06. The third-order valence-electron chi connectivity index (χ3n) is 3.37. The number of aromatic nitrogens is 1. The maximum atomic E-state index is 11.5. The lowest BCUT2D eigenvalue weighted by atomic mass is 10.2. The summed E-state index contributed by atoms with van der Waals surface area (Å²) >= 11 is 7.68. The van der Waals surface area contributed by atoms with Gasteiger partial charge in [0.25, 0.3) is 0 Å². The molecule has 1 N–H and O–H groups in total. The number of carbonyl (C=O) groups is 1. The monoisotopic (exact) mass is 425 g/mol. The lowest BCUT2D eigenvalue weighted by Gasteiger charge is -2.13. The van der Waals surface area contributed by atoms with Crippen molar-refractivity contribution in [1.82, 2.24) is 4.98 Å². The summed E-state index contributed by atoms with van der Waals surface area (Å²) < 4.78 is 16.2. The predicted molar refractivity (Wildman–Crippen MR) is 112 cm³/mol. The van der Waals surface area contributed by atoms with E-state index in [1.54, 1.807) is 30.7 Å². The Hall–Kier alpha value is -2.32. The Bertz CT molecular complexity index is 810. The number of carbonyl (C=O) groups excluding carboxylic acids is 1. The van der Waals surface area contributed by atoms with Crippen LogP contribution in [0.15, 0.2) is 22.6 Å². The number of benzene rings is 1.